The lowest BCUT2D eigenvalue weighted by atomic mass is 9.83. The third-order valence-corrected chi connectivity index (χ3v) is 3.41. The van der Waals surface area contributed by atoms with Crippen LogP contribution in [0, 0.1) is 12.8 Å². The van der Waals surface area contributed by atoms with E-state index in [4.69, 9.17) is 4.74 Å². The third-order valence-electron chi connectivity index (χ3n) is 3.41. The molecule has 1 heterocycles. The summed E-state index contributed by atoms with van der Waals surface area (Å²) in [6, 6.07) is 5.57. The first-order valence-electron chi connectivity index (χ1n) is 5.67. The van der Waals surface area contributed by atoms with E-state index in [1.807, 2.05) is 32.0 Å². The fourth-order valence-corrected chi connectivity index (χ4v) is 2.54. The van der Waals surface area contributed by atoms with E-state index in [-0.39, 0.29) is 5.92 Å². The highest BCUT2D eigenvalue weighted by Crippen LogP contribution is 2.39. The maximum absolute atomic E-state index is 12.1. The van der Waals surface area contributed by atoms with Gasteiger partial charge in [-0.15, -0.1) is 0 Å². The van der Waals surface area contributed by atoms with Crippen molar-refractivity contribution in [3.8, 4) is 0 Å². The van der Waals surface area contributed by atoms with Crippen LogP contribution < -0.4 is 0 Å². The summed E-state index contributed by atoms with van der Waals surface area (Å²) >= 11 is 0. The first-order valence-corrected chi connectivity index (χ1v) is 5.67. The quantitative estimate of drug-likeness (QED) is 0.639. The number of carbonyl (C=O) groups excluding carboxylic acids is 2. The molecule has 3 rings (SSSR count). The Labute approximate surface area is 99.1 Å². The minimum Gasteiger partial charge on any atom is -0.492 e. The van der Waals surface area contributed by atoms with Crippen LogP contribution in [0.5, 0.6) is 0 Å². The predicted octanol–water partition coefficient (Wildman–Crippen LogP) is 2.14. The molecule has 1 unspecified atom stereocenters. The molecule has 0 N–H and O–H groups in total. The van der Waals surface area contributed by atoms with Crippen molar-refractivity contribution in [3.63, 3.8) is 0 Å². The van der Waals surface area contributed by atoms with E-state index in [0.717, 1.165) is 11.1 Å². The topological polar surface area (TPSA) is 43.4 Å². The largest absolute Gasteiger partial charge is 0.492 e. The second kappa shape index (κ2) is 3.29. The SMILES string of the molecule is Cc1cccc2c1C(=O)C(=O)C1=C2OCC1C. The lowest BCUT2D eigenvalue weighted by molar-refractivity contribution is -0.112. The number of hydrogen-bond donors (Lipinski definition) is 0. The van der Waals surface area contributed by atoms with Crippen LogP contribution in [-0.2, 0) is 9.53 Å². The molecule has 17 heavy (non-hydrogen) atoms. The van der Waals surface area contributed by atoms with Crippen LogP contribution in [0.4, 0.5) is 0 Å². The Hall–Kier alpha value is -1.90. The Bertz CT molecular complexity index is 581. The molecule has 0 spiro atoms. The lowest BCUT2D eigenvalue weighted by Crippen LogP contribution is -2.25. The zero-order chi connectivity index (χ0) is 12.2. The van der Waals surface area contributed by atoms with Gasteiger partial charge in [0.05, 0.1) is 12.2 Å². The predicted molar refractivity (Wildman–Crippen MR) is 62.6 cm³/mol. The number of ketones is 2. The molecule has 1 aliphatic carbocycles. The van der Waals surface area contributed by atoms with E-state index >= 15 is 0 Å². The van der Waals surface area contributed by atoms with Crippen LogP contribution in [0.15, 0.2) is 23.8 Å². The number of hydrogen-bond acceptors (Lipinski definition) is 3. The summed E-state index contributed by atoms with van der Waals surface area (Å²) < 4.78 is 5.58. The molecule has 1 atom stereocenters. The third kappa shape index (κ3) is 1.22. The molecule has 86 valence electrons. The molecule has 0 fully saturated rings. The Morgan fingerprint density at radius 2 is 2.00 bits per heavy atom. The normalized spacial score (nSPS) is 22.4. The molecule has 0 amide bonds. The van der Waals surface area contributed by atoms with Crippen molar-refractivity contribution in [3.05, 3.63) is 40.5 Å². The first kappa shape index (κ1) is 10.3. The molecule has 3 heteroatoms. The van der Waals surface area contributed by atoms with Gasteiger partial charge in [0.15, 0.2) is 0 Å². The maximum atomic E-state index is 12.1. The summed E-state index contributed by atoms with van der Waals surface area (Å²) in [5, 5.41) is 0. The smallest absolute Gasteiger partial charge is 0.234 e. The number of carbonyl (C=O) groups is 2. The molecule has 0 radical (unpaired) electrons. The fourth-order valence-electron chi connectivity index (χ4n) is 2.54. The van der Waals surface area contributed by atoms with Gasteiger partial charge >= 0.3 is 0 Å². The van der Waals surface area contributed by atoms with E-state index < -0.39 is 11.6 Å². The van der Waals surface area contributed by atoms with Gasteiger partial charge in [-0.05, 0) is 12.5 Å². The molecular weight excluding hydrogens is 216 g/mol. The Morgan fingerprint density at radius 3 is 2.76 bits per heavy atom. The van der Waals surface area contributed by atoms with Crippen molar-refractivity contribution in [1.29, 1.82) is 0 Å². The van der Waals surface area contributed by atoms with Gasteiger partial charge in [0.2, 0.25) is 11.6 Å². The van der Waals surface area contributed by atoms with Crippen molar-refractivity contribution >= 4 is 17.3 Å². The zero-order valence-electron chi connectivity index (χ0n) is 9.74. The number of fused-ring (bicyclic) bond motifs is 2. The molecule has 0 saturated carbocycles. The van der Waals surface area contributed by atoms with Crippen LogP contribution in [0.25, 0.3) is 5.76 Å². The summed E-state index contributed by atoms with van der Waals surface area (Å²) in [4.78, 5) is 24.1. The minimum atomic E-state index is -0.396. The highest BCUT2D eigenvalue weighted by Gasteiger charge is 2.40. The highest BCUT2D eigenvalue weighted by molar-refractivity contribution is 6.52. The number of benzene rings is 1. The molecule has 2 aliphatic rings. The van der Waals surface area contributed by atoms with Crippen molar-refractivity contribution in [2.24, 2.45) is 5.92 Å². The molecule has 1 aliphatic heterocycles. The van der Waals surface area contributed by atoms with Crippen LogP contribution in [-0.4, -0.2) is 18.2 Å². The van der Waals surface area contributed by atoms with E-state index in [0.29, 0.717) is 23.5 Å². The van der Waals surface area contributed by atoms with Gasteiger partial charge in [0, 0.05) is 17.0 Å². The summed E-state index contributed by atoms with van der Waals surface area (Å²) in [6.07, 6.45) is 0. The minimum absolute atomic E-state index is 0.00936. The molecular formula is C14H12O3. The Kier molecular flexibility index (Phi) is 1.99. The number of ether oxygens (including phenoxy) is 1. The first-order chi connectivity index (χ1) is 8.11. The summed E-state index contributed by atoms with van der Waals surface area (Å²) in [5.74, 6) is -0.170. The number of Topliss-reactive ketones (excluding diaryl/α,β-unsaturated/α-hetero) is 2. The number of aryl methyl sites for hydroxylation is 1. The second-order valence-electron chi connectivity index (χ2n) is 4.61. The highest BCUT2D eigenvalue weighted by atomic mass is 16.5. The van der Waals surface area contributed by atoms with E-state index in [1.165, 1.54) is 0 Å². The molecule has 3 nitrogen and oxygen atoms in total. The zero-order valence-corrected chi connectivity index (χ0v) is 9.74. The van der Waals surface area contributed by atoms with E-state index in [9.17, 15) is 9.59 Å². The van der Waals surface area contributed by atoms with E-state index in [1.54, 1.807) is 0 Å². The van der Waals surface area contributed by atoms with Crippen molar-refractivity contribution in [2.45, 2.75) is 13.8 Å². The maximum Gasteiger partial charge on any atom is 0.234 e. The Balaban J connectivity index is 2.34. The molecule has 0 aromatic heterocycles. The van der Waals surface area contributed by atoms with Crippen molar-refractivity contribution in [2.75, 3.05) is 6.61 Å². The fraction of sp³-hybridized carbons (Fsp3) is 0.286. The van der Waals surface area contributed by atoms with Crippen LogP contribution >= 0.6 is 0 Å². The van der Waals surface area contributed by atoms with Crippen LogP contribution in [0.2, 0.25) is 0 Å². The van der Waals surface area contributed by atoms with Gasteiger partial charge in [-0.1, -0.05) is 25.1 Å². The summed E-state index contributed by atoms with van der Waals surface area (Å²) in [7, 11) is 0. The molecule has 1 aromatic carbocycles. The van der Waals surface area contributed by atoms with E-state index in [2.05, 4.69) is 0 Å². The number of rotatable bonds is 0. The van der Waals surface area contributed by atoms with Gasteiger partial charge in [-0.2, -0.15) is 0 Å². The average molecular weight is 228 g/mol. The van der Waals surface area contributed by atoms with Gasteiger partial charge < -0.3 is 4.74 Å². The van der Waals surface area contributed by atoms with Gasteiger partial charge in [-0.3, -0.25) is 9.59 Å². The van der Waals surface area contributed by atoms with Gasteiger partial charge in [-0.25, -0.2) is 0 Å². The molecule has 0 bridgehead atoms. The van der Waals surface area contributed by atoms with Crippen molar-refractivity contribution in [1.82, 2.24) is 0 Å². The second-order valence-corrected chi connectivity index (χ2v) is 4.61. The summed E-state index contributed by atoms with van der Waals surface area (Å²) in [6.45, 7) is 4.24. The van der Waals surface area contributed by atoms with Crippen LogP contribution in [0.3, 0.4) is 0 Å². The molecule has 0 saturated heterocycles. The van der Waals surface area contributed by atoms with Crippen molar-refractivity contribution < 1.29 is 14.3 Å². The monoisotopic (exact) mass is 228 g/mol. The standard InChI is InChI=1S/C14H12O3/c1-7-4-3-5-9-10(7)12(15)13(16)11-8(2)6-17-14(9)11/h3-5,8H,6H2,1-2H3. The summed E-state index contributed by atoms with van der Waals surface area (Å²) in [5.41, 5.74) is 2.66. The molecule has 1 aromatic rings. The average Bonchev–Trinajstić information content (AvgIpc) is 2.68. The lowest BCUT2D eigenvalue weighted by Gasteiger charge is -2.17. The Morgan fingerprint density at radius 1 is 1.24 bits per heavy atom. The van der Waals surface area contributed by atoms with Gasteiger partial charge in [0.1, 0.15) is 5.76 Å². The van der Waals surface area contributed by atoms with Gasteiger partial charge in [0.25, 0.3) is 0 Å². The van der Waals surface area contributed by atoms with Crippen LogP contribution in [0.1, 0.15) is 28.4 Å².